The molecule has 252 valence electrons. The molecular weight excluding hydrogens is 642 g/mol. The number of rotatable bonds is 6. The zero-order valence-corrected chi connectivity index (χ0v) is 32.5. The first kappa shape index (κ1) is 46.7. The quantitative estimate of drug-likeness (QED) is 0.281. The van der Waals surface area contributed by atoms with E-state index in [4.69, 9.17) is 11.5 Å². The minimum Gasteiger partial charge on any atom is -0.872 e. The molecule has 0 aliphatic heterocycles. The first-order chi connectivity index (χ1) is 17.9. The van der Waals surface area contributed by atoms with Gasteiger partial charge in [0.25, 0.3) is 0 Å². The summed E-state index contributed by atoms with van der Waals surface area (Å²) in [4.78, 5) is 1.25. The molecule has 2 aromatic rings. The van der Waals surface area contributed by atoms with Crippen LogP contribution in [-0.4, -0.2) is 11.1 Å². The molecule has 2 rings (SSSR count). The third-order valence-electron chi connectivity index (χ3n) is 5.61. The van der Waals surface area contributed by atoms with Crippen LogP contribution in [0, 0.1) is 10.8 Å². The predicted molar refractivity (Wildman–Crippen MR) is 178 cm³/mol. The van der Waals surface area contributed by atoms with Gasteiger partial charge in [-0.15, -0.1) is 11.1 Å². The van der Waals surface area contributed by atoms with Crippen molar-refractivity contribution in [1.29, 1.82) is 0 Å². The maximum absolute atomic E-state index is 12.6. The fraction of sp³-hybridized carbons (Fsp3) is 0.667. The fourth-order valence-corrected chi connectivity index (χ4v) is 5.94. The molecule has 0 aromatic heterocycles. The van der Waals surface area contributed by atoms with E-state index in [-0.39, 0.29) is 77.2 Å². The molecule has 43 heavy (non-hydrogen) atoms. The maximum atomic E-state index is 12.6. The molecule has 0 bridgehead atoms. The summed E-state index contributed by atoms with van der Waals surface area (Å²) in [6.45, 7) is 33.4. The van der Waals surface area contributed by atoms with Crippen LogP contribution in [0.5, 0.6) is 11.5 Å². The SMILES string of the molecule is CC(C)(C)CC(C)(C)c1ccc([O-])c(Sc2cc(C(C)(C)CC(C)(C)C)ccc2[O-])c1.CC(C)(C)[NH-].CC(C)(C)[NH-].[Ni+2].[Ni+2]. The van der Waals surface area contributed by atoms with E-state index in [1.165, 1.54) is 11.8 Å². The molecule has 0 saturated heterocycles. The van der Waals surface area contributed by atoms with Crippen molar-refractivity contribution in [3.63, 3.8) is 0 Å². The van der Waals surface area contributed by atoms with Crippen molar-refractivity contribution in [2.24, 2.45) is 10.8 Å². The van der Waals surface area contributed by atoms with E-state index in [0.717, 1.165) is 24.0 Å². The third-order valence-corrected chi connectivity index (χ3v) is 6.69. The molecule has 0 fully saturated rings. The van der Waals surface area contributed by atoms with Crippen LogP contribution in [0.3, 0.4) is 0 Å². The Hall–Kier alpha value is -0.703. The Morgan fingerprint density at radius 1 is 0.512 bits per heavy atom. The van der Waals surface area contributed by atoms with Crippen molar-refractivity contribution in [2.75, 3.05) is 0 Å². The molecule has 0 atom stereocenters. The van der Waals surface area contributed by atoms with E-state index in [9.17, 15) is 10.2 Å². The molecule has 0 unspecified atom stereocenters. The molecule has 2 aromatic carbocycles. The number of benzene rings is 2. The summed E-state index contributed by atoms with van der Waals surface area (Å²) in [5, 5.41) is 25.3. The number of nitrogens with one attached hydrogen (secondary N) is 2. The van der Waals surface area contributed by atoms with Gasteiger partial charge in [-0.25, -0.2) is 0 Å². The second-order valence-corrected chi connectivity index (χ2v) is 18.3. The Kier molecular flexibility index (Phi) is 18.8. The van der Waals surface area contributed by atoms with Crippen molar-refractivity contribution in [3.8, 4) is 11.5 Å². The van der Waals surface area contributed by atoms with E-state index in [0.29, 0.717) is 9.79 Å². The van der Waals surface area contributed by atoms with Gasteiger partial charge in [0.15, 0.2) is 0 Å². The van der Waals surface area contributed by atoms with E-state index >= 15 is 0 Å². The first-order valence-corrected chi connectivity index (χ1v) is 15.5. The molecule has 0 spiro atoms. The van der Waals surface area contributed by atoms with Crippen LogP contribution >= 0.6 is 11.8 Å². The van der Waals surface area contributed by atoms with Crippen LogP contribution in [0.4, 0.5) is 0 Å². The Morgan fingerprint density at radius 2 is 0.744 bits per heavy atom. The van der Waals surface area contributed by atoms with E-state index < -0.39 is 0 Å². The molecule has 7 heteroatoms. The molecule has 2 N–H and O–H groups in total. The van der Waals surface area contributed by atoms with Gasteiger partial charge in [-0.1, -0.05) is 158 Å². The Balaban J connectivity index is -0.00000115. The zero-order valence-electron chi connectivity index (χ0n) is 29.7. The van der Waals surface area contributed by atoms with Crippen molar-refractivity contribution in [2.45, 2.75) is 155 Å². The first-order valence-electron chi connectivity index (χ1n) is 14.7. The van der Waals surface area contributed by atoms with Crippen LogP contribution in [0.2, 0.25) is 0 Å². The summed E-state index contributed by atoms with van der Waals surface area (Å²) in [5.41, 5.74) is 15.9. The van der Waals surface area contributed by atoms with Gasteiger partial charge in [-0.2, -0.15) is 0 Å². The second-order valence-electron chi connectivity index (χ2n) is 17.2. The van der Waals surface area contributed by atoms with Gasteiger partial charge >= 0.3 is 33.0 Å². The number of hydrogen-bond acceptors (Lipinski definition) is 3. The Morgan fingerprint density at radius 3 is 0.953 bits per heavy atom. The van der Waals surface area contributed by atoms with Crippen LogP contribution in [-0.2, 0) is 43.8 Å². The largest absolute Gasteiger partial charge is 2.00 e. The molecular formula is C36H60N2Ni2O2S. The summed E-state index contributed by atoms with van der Waals surface area (Å²) in [6, 6.07) is 11.2. The normalized spacial score (nSPS) is 12.5. The van der Waals surface area contributed by atoms with Crippen LogP contribution in [0.25, 0.3) is 11.5 Å². The zero-order chi connectivity index (χ0) is 32.8. The Bertz CT molecular complexity index is 1000. The summed E-state index contributed by atoms with van der Waals surface area (Å²) in [6.07, 6.45) is 2.01. The van der Waals surface area contributed by atoms with Crippen LogP contribution in [0.15, 0.2) is 46.2 Å². The monoisotopic (exact) mass is 700 g/mol. The van der Waals surface area contributed by atoms with Crippen molar-refractivity contribution < 1.29 is 43.2 Å². The van der Waals surface area contributed by atoms with Gasteiger partial charge < -0.3 is 21.7 Å². The molecule has 0 radical (unpaired) electrons. The van der Waals surface area contributed by atoms with Crippen LogP contribution in [0.1, 0.15) is 135 Å². The van der Waals surface area contributed by atoms with Gasteiger partial charge in [0, 0.05) is 9.79 Å². The summed E-state index contributed by atoms with van der Waals surface area (Å²) in [7, 11) is 0. The van der Waals surface area contributed by atoms with Gasteiger partial charge in [0.2, 0.25) is 0 Å². The van der Waals surface area contributed by atoms with Crippen molar-refractivity contribution in [1.82, 2.24) is 0 Å². The predicted octanol–water partition coefficient (Wildman–Crippen LogP) is 11.1. The average molecular weight is 702 g/mol. The van der Waals surface area contributed by atoms with E-state index in [1.54, 1.807) is 12.1 Å². The van der Waals surface area contributed by atoms with E-state index in [1.807, 2.05) is 65.8 Å². The standard InChI is InChI=1S/C28H42O2S.2C4H10N.2Ni/c1-25(2,3)17-27(7,8)19-11-13-21(29)23(15-19)31-24-16-20(12-14-22(24)30)28(9,10)18-26(4,5)6;2*1-4(2,3)5;;/h11-16,29-30H,17-18H2,1-10H3;2*5H,1-3H3;;/q;2*-1;2*+2/p-2. The van der Waals surface area contributed by atoms with Crippen molar-refractivity contribution in [3.05, 3.63) is 59.0 Å². The maximum Gasteiger partial charge on any atom is 2.00 e. The summed E-state index contributed by atoms with van der Waals surface area (Å²) >= 11 is 1.31. The van der Waals surface area contributed by atoms with E-state index in [2.05, 4.69) is 69.2 Å². The summed E-state index contributed by atoms with van der Waals surface area (Å²) in [5.74, 6) is -0.0573. The minimum atomic E-state index is -0.250. The smallest absolute Gasteiger partial charge is 0.872 e. The molecule has 0 amide bonds. The minimum absolute atomic E-state index is 0. The van der Waals surface area contributed by atoms with Crippen LogP contribution < -0.4 is 10.2 Å². The van der Waals surface area contributed by atoms with Gasteiger partial charge in [-0.3, -0.25) is 0 Å². The Labute approximate surface area is 290 Å². The topological polar surface area (TPSA) is 93.7 Å². The molecule has 4 nitrogen and oxygen atoms in total. The summed E-state index contributed by atoms with van der Waals surface area (Å²) < 4.78 is 0. The van der Waals surface area contributed by atoms with Gasteiger partial charge in [-0.05, 0) is 57.8 Å². The molecule has 0 saturated carbocycles. The third kappa shape index (κ3) is 22.5. The van der Waals surface area contributed by atoms with Crippen molar-refractivity contribution >= 4 is 11.8 Å². The molecule has 0 heterocycles. The fourth-order valence-electron chi connectivity index (χ4n) is 4.99. The average Bonchev–Trinajstić information content (AvgIpc) is 2.64. The van der Waals surface area contributed by atoms with Gasteiger partial charge in [0.1, 0.15) is 0 Å². The molecule has 0 aliphatic carbocycles. The number of hydrogen-bond donors (Lipinski definition) is 0. The molecule has 0 aliphatic rings. The second kappa shape index (κ2) is 17.3. The van der Waals surface area contributed by atoms with Gasteiger partial charge in [0.05, 0.1) is 0 Å².